The number of amides is 1. The molecule has 136 valence electrons. The quantitative estimate of drug-likeness (QED) is 0.500. The first-order chi connectivity index (χ1) is 13.3. The molecule has 0 bridgehead atoms. The van der Waals surface area contributed by atoms with Crippen LogP contribution in [0.3, 0.4) is 0 Å². The molecule has 0 saturated carbocycles. The number of carbonyl (C=O) groups is 1. The number of para-hydroxylation sites is 2. The molecule has 0 aliphatic carbocycles. The molecule has 27 heavy (non-hydrogen) atoms. The Morgan fingerprint density at radius 3 is 2.81 bits per heavy atom. The minimum atomic E-state index is -0.0497. The Balaban J connectivity index is 1.44. The van der Waals surface area contributed by atoms with Gasteiger partial charge in [0.15, 0.2) is 0 Å². The molecule has 2 aromatic carbocycles. The third-order valence-electron chi connectivity index (χ3n) is 4.16. The highest BCUT2D eigenvalue weighted by Crippen LogP contribution is 2.19. The van der Waals surface area contributed by atoms with Crippen molar-refractivity contribution in [3.05, 3.63) is 78.5 Å². The Morgan fingerprint density at radius 1 is 1.11 bits per heavy atom. The van der Waals surface area contributed by atoms with E-state index >= 15 is 0 Å². The van der Waals surface area contributed by atoms with E-state index in [1.165, 1.54) is 0 Å². The smallest absolute Gasteiger partial charge is 0.225 e. The lowest BCUT2D eigenvalue weighted by molar-refractivity contribution is -0.120. The number of carbonyl (C=O) groups excluding carboxylic acids is 1. The molecule has 3 rings (SSSR count). The fourth-order valence-electron chi connectivity index (χ4n) is 2.85. The predicted molar refractivity (Wildman–Crippen MR) is 109 cm³/mol. The average molecular weight is 358 g/mol. The fraction of sp³-hybridized carbons (Fsp3) is 0.174. The Bertz CT molecular complexity index is 992. The van der Waals surface area contributed by atoms with Crippen LogP contribution in [0.5, 0.6) is 5.75 Å². The first-order valence-corrected chi connectivity index (χ1v) is 8.87. The predicted octanol–water partition coefficient (Wildman–Crippen LogP) is 3.64. The van der Waals surface area contributed by atoms with Crippen molar-refractivity contribution in [1.82, 2.24) is 10.3 Å². The maximum Gasteiger partial charge on any atom is 0.225 e. The molecule has 0 aliphatic heterocycles. The molecule has 0 fully saturated rings. The lowest BCUT2D eigenvalue weighted by Gasteiger charge is -2.07. The van der Waals surface area contributed by atoms with Gasteiger partial charge in [-0.3, -0.25) is 4.79 Å². The summed E-state index contributed by atoms with van der Waals surface area (Å²) in [5.74, 6) is 6.61. The van der Waals surface area contributed by atoms with Crippen LogP contribution in [0.2, 0.25) is 0 Å². The number of H-pyrrole nitrogens is 1. The average Bonchev–Trinajstić information content (AvgIpc) is 3.09. The van der Waals surface area contributed by atoms with Gasteiger partial charge in [0.05, 0.1) is 13.0 Å². The van der Waals surface area contributed by atoms with Crippen LogP contribution in [0.25, 0.3) is 10.9 Å². The number of allylic oxidation sites excluding steroid dienone is 1. The zero-order valence-electron chi connectivity index (χ0n) is 15.1. The lowest BCUT2D eigenvalue weighted by atomic mass is 10.1. The fourth-order valence-corrected chi connectivity index (χ4v) is 2.85. The van der Waals surface area contributed by atoms with Crippen LogP contribution in [-0.4, -0.2) is 24.0 Å². The first-order valence-electron chi connectivity index (χ1n) is 8.87. The van der Waals surface area contributed by atoms with Gasteiger partial charge in [-0.1, -0.05) is 54.3 Å². The monoisotopic (exact) mass is 358 g/mol. The Morgan fingerprint density at radius 2 is 1.93 bits per heavy atom. The molecule has 0 spiro atoms. The van der Waals surface area contributed by atoms with E-state index in [-0.39, 0.29) is 12.5 Å². The number of aromatic nitrogens is 1. The maximum absolute atomic E-state index is 12.1. The van der Waals surface area contributed by atoms with Crippen molar-refractivity contribution in [2.24, 2.45) is 0 Å². The van der Waals surface area contributed by atoms with Gasteiger partial charge in [0, 0.05) is 17.1 Å². The molecule has 0 unspecified atom stereocenters. The van der Waals surface area contributed by atoms with Gasteiger partial charge in [0.25, 0.3) is 0 Å². The molecule has 0 saturated heterocycles. The number of hydrogen-bond acceptors (Lipinski definition) is 2. The van der Waals surface area contributed by atoms with Gasteiger partial charge < -0.3 is 15.0 Å². The second kappa shape index (κ2) is 9.30. The zero-order valence-corrected chi connectivity index (χ0v) is 15.1. The summed E-state index contributed by atoms with van der Waals surface area (Å²) in [5.41, 5.74) is 3.11. The van der Waals surface area contributed by atoms with Crippen LogP contribution in [0.15, 0.2) is 67.4 Å². The van der Waals surface area contributed by atoms with Crippen molar-refractivity contribution in [3.8, 4) is 17.6 Å². The second-order valence-corrected chi connectivity index (χ2v) is 6.06. The van der Waals surface area contributed by atoms with Gasteiger partial charge in [-0.15, -0.1) is 6.58 Å². The van der Waals surface area contributed by atoms with E-state index in [1.54, 1.807) is 0 Å². The van der Waals surface area contributed by atoms with Crippen molar-refractivity contribution in [2.45, 2.75) is 12.8 Å². The van der Waals surface area contributed by atoms with Gasteiger partial charge >= 0.3 is 0 Å². The van der Waals surface area contributed by atoms with Crippen LogP contribution >= 0.6 is 0 Å². The topological polar surface area (TPSA) is 54.1 Å². The summed E-state index contributed by atoms with van der Waals surface area (Å²) in [6, 6.07) is 15.8. The highest BCUT2D eigenvalue weighted by molar-refractivity contribution is 5.88. The van der Waals surface area contributed by atoms with E-state index in [0.717, 1.165) is 34.2 Å². The Labute approximate surface area is 159 Å². The summed E-state index contributed by atoms with van der Waals surface area (Å²) >= 11 is 0. The van der Waals surface area contributed by atoms with E-state index < -0.39 is 0 Å². The maximum atomic E-state index is 12.1. The number of aromatic amines is 1. The first kappa shape index (κ1) is 18.3. The zero-order chi connectivity index (χ0) is 18.9. The molecular formula is C23H22N2O2. The third kappa shape index (κ3) is 5.02. The molecule has 3 aromatic rings. The van der Waals surface area contributed by atoms with E-state index in [2.05, 4.69) is 28.7 Å². The molecular weight excluding hydrogens is 336 g/mol. The molecule has 0 aliphatic rings. The van der Waals surface area contributed by atoms with Gasteiger partial charge in [0.2, 0.25) is 5.91 Å². The highest BCUT2D eigenvalue weighted by Gasteiger charge is 2.07. The molecule has 1 amide bonds. The van der Waals surface area contributed by atoms with Crippen LogP contribution in [0, 0.1) is 11.8 Å². The van der Waals surface area contributed by atoms with Crippen LogP contribution in [-0.2, 0) is 17.6 Å². The van der Waals surface area contributed by atoms with Crippen molar-refractivity contribution in [3.63, 3.8) is 0 Å². The lowest BCUT2D eigenvalue weighted by Crippen LogP contribution is -2.25. The SMILES string of the molecule is C=CCc1ccccc1OCC#CCNC(=O)Cc1c[nH]c2ccccc12. The summed E-state index contributed by atoms with van der Waals surface area (Å²) in [4.78, 5) is 15.3. The summed E-state index contributed by atoms with van der Waals surface area (Å²) in [7, 11) is 0. The van der Waals surface area contributed by atoms with E-state index in [4.69, 9.17) is 4.74 Å². The number of rotatable bonds is 7. The summed E-state index contributed by atoms with van der Waals surface area (Å²) < 4.78 is 5.69. The molecule has 2 N–H and O–H groups in total. The van der Waals surface area contributed by atoms with Gasteiger partial charge in [-0.25, -0.2) is 0 Å². The molecule has 4 nitrogen and oxygen atoms in total. The number of fused-ring (bicyclic) bond motifs is 1. The third-order valence-corrected chi connectivity index (χ3v) is 4.16. The van der Waals surface area contributed by atoms with E-state index in [9.17, 15) is 4.79 Å². The normalized spacial score (nSPS) is 10.1. The van der Waals surface area contributed by atoms with Crippen LogP contribution in [0.4, 0.5) is 0 Å². The minimum Gasteiger partial charge on any atom is -0.481 e. The number of ether oxygens (including phenoxy) is 1. The minimum absolute atomic E-state index is 0.0497. The van der Waals surface area contributed by atoms with Crippen molar-refractivity contribution >= 4 is 16.8 Å². The van der Waals surface area contributed by atoms with Gasteiger partial charge in [-0.2, -0.15) is 0 Å². The number of benzene rings is 2. The molecule has 0 atom stereocenters. The van der Waals surface area contributed by atoms with Crippen molar-refractivity contribution in [1.29, 1.82) is 0 Å². The standard InChI is InChI=1S/C23H22N2O2/c1-2-9-18-10-3-6-13-22(18)27-15-8-7-14-24-23(26)16-19-17-25-21-12-5-4-11-20(19)21/h2-6,10-13,17,25H,1,9,14-16H2,(H,24,26). The van der Waals surface area contributed by atoms with Crippen molar-refractivity contribution < 1.29 is 9.53 Å². The van der Waals surface area contributed by atoms with Gasteiger partial charge in [-0.05, 0) is 29.7 Å². The summed E-state index contributed by atoms with van der Waals surface area (Å²) in [6.07, 6.45) is 4.81. The highest BCUT2D eigenvalue weighted by atomic mass is 16.5. The molecule has 4 heteroatoms. The van der Waals surface area contributed by atoms with E-state index in [1.807, 2.05) is 60.8 Å². The van der Waals surface area contributed by atoms with Gasteiger partial charge in [0.1, 0.15) is 12.4 Å². The molecule has 0 radical (unpaired) electrons. The molecule has 1 aromatic heterocycles. The number of nitrogens with one attached hydrogen (secondary N) is 2. The molecule has 1 heterocycles. The number of hydrogen-bond donors (Lipinski definition) is 2. The van der Waals surface area contributed by atoms with Crippen LogP contribution in [0.1, 0.15) is 11.1 Å². The van der Waals surface area contributed by atoms with Crippen molar-refractivity contribution in [2.75, 3.05) is 13.2 Å². The van der Waals surface area contributed by atoms with Crippen LogP contribution < -0.4 is 10.1 Å². The van der Waals surface area contributed by atoms with E-state index in [0.29, 0.717) is 13.0 Å². The Kier molecular flexibility index (Phi) is 6.32. The summed E-state index contributed by atoms with van der Waals surface area (Å²) in [5, 5.41) is 3.90. The summed E-state index contributed by atoms with van der Waals surface area (Å²) in [6.45, 7) is 4.34. The second-order valence-electron chi connectivity index (χ2n) is 6.06. The largest absolute Gasteiger partial charge is 0.481 e. The Hall–Kier alpha value is -3.45.